The number of carbonyl (C=O) groups is 1. The normalized spacial score (nSPS) is 18.8. The van der Waals surface area contributed by atoms with E-state index in [1.165, 1.54) is 6.20 Å². The molecule has 2 N–H and O–H groups in total. The molecule has 0 amide bonds. The van der Waals surface area contributed by atoms with Gasteiger partial charge in [0.15, 0.2) is 5.75 Å². The second-order valence-electron chi connectivity index (χ2n) is 6.54. The third-order valence-corrected chi connectivity index (χ3v) is 4.65. The number of aromatic carboxylic acids is 1. The van der Waals surface area contributed by atoms with Crippen LogP contribution in [0.15, 0.2) is 28.9 Å². The van der Waals surface area contributed by atoms with E-state index in [-0.39, 0.29) is 18.0 Å². The van der Waals surface area contributed by atoms with Crippen molar-refractivity contribution < 1.29 is 14.6 Å². The summed E-state index contributed by atoms with van der Waals surface area (Å²) in [7, 11) is 0. The van der Waals surface area contributed by atoms with Crippen molar-refractivity contribution in [2.24, 2.45) is 0 Å². The molecule has 7 nitrogen and oxygen atoms in total. The average Bonchev–Trinajstić information content (AvgIpc) is 2.57. The molecule has 2 aromatic rings. The van der Waals surface area contributed by atoms with Crippen LogP contribution in [0.4, 0.5) is 5.69 Å². The molecular formula is C18H20ClN3O4. The molecule has 0 spiro atoms. The van der Waals surface area contributed by atoms with Crippen LogP contribution in [0, 0.1) is 0 Å². The molecule has 1 fully saturated rings. The molecule has 26 heavy (non-hydrogen) atoms. The van der Waals surface area contributed by atoms with Crippen LogP contribution in [-0.4, -0.2) is 41.3 Å². The predicted molar refractivity (Wildman–Crippen MR) is 103 cm³/mol. The number of benzene rings is 1. The third-order valence-electron chi connectivity index (χ3n) is 4.65. The van der Waals surface area contributed by atoms with Gasteiger partial charge in [-0.05, 0) is 26.0 Å². The lowest BCUT2D eigenvalue weighted by Gasteiger charge is -2.35. The molecule has 2 aliphatic rings. The van der Waals surface area contributed by atoms with E-state index in [1.54, 1.807) is 16.8 Å². The lowest BCUT2D eigenvalue weighted by atomic mass is 10.1. The Balaban J connectivity index is 0.00000196. The molecule has 1 aromatic carbocycles. The minimum Gasteiger partial charge on any atom is -0.477 e. The highest BCUT2D eigenvalue weighted by Crippen LogP contribution is 2.39. The highest BCUT2D eigenvalue weighted by atomic mass is 35.5. The number of carboxylic acid groups (broad SMARTS) is 1. The molecule has 0 saturated carbocycles. The van der Waals surface area contributed by atoms with Gasteiger partial charge in [0.1, 0.15) is 16.8 Å². The Morgan fingerprint density at radius 1 is 1.38 bits per heavy atom. The topological polar surface area (TPSA) is 83.8 Å². The van der Waals surface area contributed by atoms with Gasteiger partial charge in [0.2, 0.25) is 5.43 Å². The second-order valence-corrected chi connectivity index (χ2v) is 6.54. The van der Waals surface area contributed by atoms with Crippen molar-refractivity contribution in [1.82, 2.24) is 9.88 Å². The SMILES string of the molecule is CC1=Cn2cc(C(=O)O)c(=O)c3ccc(N4CCN[C@H](C)C4)c(c32)O1.Cl. The number of nitrogens with zero attached hydrogens (tertiary/aromatic N) is 2. The largest absolute Gasteiger partial charge is 0.477 e. The Labute approximate surface area is 156 Å². The number of allylic oxidation sites excluding steroid dienone is 1. The molecule has 1 aromatic heterocycles. The van der Waals surface area contributed by atoms with E-state index in [1.807, 2.05) is 13.0 Å². The first-order valence-electron chi connectivity index (χ1n) is 8.25. The van der Waals surface area contributed by atoms with Gasteiger partial charge in [0.05, 0.1) is 11.1 Å². The van der Waals surface area contributed by atoms with Gasteiger partial charge >= 0.3 is 5.97 Å². The molecule has 0 aliphatic carbocycles. The summed E-state index contributed by atoms with van der Waals surface area (Å²) in [5.74, 6) is 0.0276. The predicted octanol–water partition coefficient (Wildman–Crippen LogP) is 2.13. The molecule has 4 rings (SSSR count). The summed E-state index contributed by atoms with van der Waals surface area (Å²) < 4.78 is 7.65. The first-order chi connectivity index (χ1) is 12.0. The van der Waals surface area contributed by atoms with Gasteiger partial charge in [0.25, 0.3) is 0 Å². The Kier molecular flexibility index (Phi) is 4.68. The summed E-state index contributed by atoms with van der Waals surface area (Å²) in [5.41, 5.74) is 0.804. The van der Waals surface area contributed by atoms with Crippen molar-refractivity contribution in [2.45, 2.75) is 19.9 Å². The fourth-order valence-corrected chi connectivity index (χ4v) is 3.55. The molecule has 0 unspecified atom stereocenters. The maximum absolute atomic E-state index is 12.5. The zero-order chi connectivity index (χ0) is 17.7. The smallest absolute Gasteiger partial charge is 0.341 e. The van der Waals surface area contributed by atoms with E-state index in [2.05, 4.69) is 17.1 Å². The van der Waals surface area contributed by atoms with Crippen molar-refractivity contribution in [3.8, 4) is 5.75 Å². The molecule has 3 heterocycles. The number of piperazine rings is 1. The van der Waals surface area contributed by atoms with Crippen molar-refractivity contribution in [1.29, 1.82) is 0 Å². The van der Waals surface area contributed by atoms with Crippen LogP contribution in [0.1, 0.15) is 24.2 Å². The monoisotopic (exact) mass is 377 g/mol. The lowest BCUT2D eigenvalue weighted by Crippen LogP contribution is -2.49. The Morgan fingerprint density at radius 3 is 2.85 bits per heavy atom. The standard InChI is InChI=1S/C18H19N3O4.ClH/c1-10-7-20(6-5-19-10)14-4-3-12-15-17(14)25-11(2)8-21(15)9-13(16(12)22)18(23)24;/h3-4,8-10,19H,5-7H2,1-2H3,(H,23,24);1H/t10-;/m1./s1. The van der Waals surface area contributed by atoms with Crippen LogP contribution in [0.5, 0.6) is 5.75 Å². The Hall–Kier alpha value is -2.51. The lowest BCUT2D eigenvalue weighted by molar-refractivity contribution is 0.0695. The maximum atomic E-state index is 12.5. The van der Waals surface area contributed by atoms with Crippen LogP contribution in [0.25, 0.3) is 17.1 Å². The van der Waals surface area contributed by atoms with Crippen molar-refractivity contribution in [3.63, 3.8) is 0 Å². The summed E-state index contributed by atoms with van der Waals surface area (Å²) in [5, 5.41) is 13.1. The van der Waals surface area contributed by atoms with E-state index < -0.39 is 11.4 Å². The molecule has 2 aliphatic heterocycles. The number of halogens is 1. The number of aromatic nitrogens is 1. The third kappa shape index (κ3) is 2.83. The molecule has 138 valence electrons. The Morgan fingerprint density at radius 2 is 2.15 bits per heavy atom. The Bertz CT molecular complexity index is 983. The number of carboxylic acids is 1. The summed E-state index contributed by atoms with van der Waals surface area (Å²) in [6.45, 7) is 6.48. The van der Waals surface area contributed by atoms with Gasteiger partial charge in [-0.1, -0.05) is 0 Å². The van der Waals surface area contributed by atoms with Crippen molar-refractivity contribution >= 4 is 41.2 Å². The van der Waals surface area contributed by atoms with Gasteiger partial charge < -0.3 is 24.6 Å². The van der Waals surface area contributed by atoms with E-state index in [9.17, 15) is 14.7 Å². The van der Waals surface area contributed by atoms with Crippen LogP contribution in [0.3, 0.4) is 0 Å². The molecule has 1 saturated heterocycles. The van der Waals surface area contributed by atoms with Crippen LogP contribution in [0.2, 0.25) is 0 Å². The minimum absolute atomic E-state index is 0. The number of nitrogens with one attached hydrogen (secondary N) is 1. The van der Waals surface area contributed by atoms with Gasteiger partial charge in [0, 0.05) is 38.1 Å². The number of hydrogen-bond acceptors (Lipinski definition) is 5. The number of rotatable bonds is 2. The molecule has 1 atom stereocenters. The summed E-state index contributed by atoms with van der Waals surface area (Å²) in [4.78, 5) is 26.2. The van der Waals surface area contributed by atoms with E-state index in [0.29, 0.717) is 28.5 Å². The van der Waals surface area contributed by atoms with Crippen molar-refractivity contribution in [2.75, 3.05) is 24.5 Å². The van der Waals surface area contributed by atoms with Crippen LogP contribution >= 0.6 is 12.4 Å². The zero-order valence-electron chi connectivity index (χ0n) is 14.5. The van der Waals surface area contributed by atoms with Gasteiger partial charge in [-0.15, -0.1) is 12.4 Å². The van der Waals surface area contributed by atoms with Gasteiger partial charge in [-0.3, -0.25) is 4.79 Å². The fourth-order valence-electron chi connectivity index (χ4n) is 3.55. The summed E-state index contributed by atoms with van der Waals surface area (Å²) in [6.07, 6.45) is 3.07. The highest BCUT2D eigenvalue weighted by molar-refractivity contribution is 5.98. The van der Waals surface area contributed by atoms with E-state index in [0.717, 1.165) is 25.3 Å². The zero-order valence-corrected chi connectivity index (χ0v) is 15.3. The number of ether oxygens (including phenoxy) is 1. The van der Waals surface area contributed by atoms with Crippen LogP contribution < -0.4 is 20.4 Å². The maximum Gasteiger partial charge on any atom is 0.341 e. The van der Waals surface area contributed by atoms with E-state index in [4.69, 9.17) is 4.74 Å². The van der Waals surface area contributed by atoms with Gasteiger partial charge in [-0.25, -0.2) is 4.79 Å². The summed E-state index contributed by atoms with van der Waals surface area (Å²) in [6, 6.07) is 3.91. The number of hydrogen-bond donors (Lipinski definition) is 2. The quantitative estimate of drug-likeness (QED) is 0.834. The molecule has 0 bridgehead atoms. The molecule has 8 heteroatoms. The first kappa shape index (κ1) is 18.3. The number of pyridine rings is 1. The summed E-state index contributed by atoms with van der Waals surface area (Å²) >= 11 is 0. The molecule has 0 radical (unpaired) electrons. The van der Waals surface area contributed by atoms with E-state index >= 15 is 0 Å². The number of anilines is 1. The first-order valence-corrected chi connectivity index (χ1v) is 8.25. The highest BCUT2D eigenvalue weighted by Gasteiger charge is 2.26. The van der Waals surface area contributed by atoms with Gasteiger partial charge in [-0.2, -0.15) is 0 Å². The molecular weight excluding hydrogens is 358 g/mol. The average molecular weight is 378 g/mol. The minimum atomic E-state index is -1.23. The van der Waals surface area contributed by atoms with Crippen molar-refractivity contribution in [3.05, 3.63) is 39.9 Å². The van der Waals surface area contributed by atoms with Crippen LogP contribution in [-0.2, 0) is 0 Å². The fraction of sp³-hybridized carbons (Fsp3) is 0.333. The second kappa shape index (κ2) is 6.66.